The smallest absolute Gasteiger partial charge is 0.216 e. The van der Waals surface area contributed by atoms with Crippen LogP contribution in [0.2, 0.25) is 0 Å². The topological polar surface area (TPSA) is 94.4 Å². The first-order valence-corrected chi connectivity index (χ1v) is 11.0. The number of hydrogen-bond acceptors (Lipinski definition) is 5. The highest BCUT2D eigenvalue weighted by Crippen LogP contribution is 2.20. The van der Waals surface area contributed by atoms with Crippen molar-refractivity contribution < 1.29 is 4.42 Å². The van der Waals surface area contributed by atoms with E-state index in [0.29, 0.717) is 31.1 Å². The van der Waals surface area contributed by atoms with Crippen LogP contribution >= 0.6 is 0 Å². The van der Waals surface area contributed by atoms with Crippen LogP contribution in [0.1, 0.15) is 38.2 Å². The Balaban J connectivity index is 1.60. The third-order valence-corrected chi connectivity index (χ3v) is 5.13. The Morgan fingerprint density at radius 1 is 1.10 bits per heavy atom. The van der Waals surface area contributed by atoms with Crippen LogP contribution in [0, 0.1) is 0 Å². The summed E-state index contributed by atoms with van der Waals surface area (Å²) in [6.07, 6.45) is 2.32. The Bertz CT molecular complexity index is 901. The molecule has 8 heteroatoms. The summed E-state index contributed by atoms with van der Waals surface area (Å²) in [5, 5.41) is 13.9. The van der Waals surface area contributed by atoms with Crippen LogP contribution in [-0.2, 0) is 6.42 Å². The molecule has 3 rings (SSSR count). The van der Waals surface area contributed by atoms with E-state index in [1.165, 1.54) is 5.56 Å². The van der Waals surface area contributed by atoms with Gasteiger partial charge in [0.2, 0.25) is 5.82 Å². The Morgan fingerprint density at radius 2 is 1.90 bits per heavy atom. The van der Waals surface area contributed by atoms with Gasteiger partial charge in [-0.3, -0.25) is 15.0 Å². The molecule has 1 aromatic carbocycles. The van der Waals surface area contributed by atoms with E-state index in [1.54, 1.807) is 6.26 Å². The minimum Gasteiger partial charge on any atom is -0.461 e. The number of nitrogens with zero attached hydrogens (tertiary/aromatic N) is 4. The minimum absolute atomic E-state index is 0.247. The number of aromatic amines is 1. The summed E-state index contributed by atoms with van der Waals surface area (Å²) in [4.78, 5) is 11.8. The number of furan rings is 1. The highest BCUT2D eigenvalue weighted by molar-refractivity contribution is 5.79. The van der Waals surface area contributed by atoms with Gasteiger partial charge in [-0.2, -0.15) is 5.10 Å². The molecule has 0 saturated heterocycles. The molecule has 0 bridgehead atoms. The predicted molar refractivity (Wildman–Crippen MR) is 124 cm³/mol. The molecule has 1 atom stereocenters. The summed E-state index contributed by atoms with van der Waals surface area (Å²) < 4.78 is 5.34. The van der Waals surface area contributed by atoms with Gasteiger partial charge >= 0.3 is 0 Å². The molecule has 8 nitrogen and oxygen atoms in total. The lowest BCUT2D eigenvalue weighted by atomic mass is 10.1. The van der Waals surface area contributed by atoms with Crippen LogP contribution in [0.5, 0.6) is 0 Å². The summed E-state index contributed by atoms with van der Waals surface area (Å²) >= 11 is 0. The van der Waals surface area contributed by atoms with Crippen molar-refractivity contribution in [1.82, 2.24) is 30.7 Å². The standard InChI is InChI=1S/C23H33N7O/c1-4-24-23(25-15-14-21-27-22(29-28-21)20-13-10-16-31-20)26-17-19(30(5-2)6-3)18-11-8-7-9-12-18/h7-13,16,19H,4-6,14-15,17H2,1-3H3,(H2,24,25,26)(H,27,28,29). The normalized spacial score (nSPS) is 12.8. The van der Waals surface area contributed by atoms with Gasteiger partial charge in [0.15, 0.2) is 11.7 Å². The fraction of sp³-hybridized carbons (Fsp3) is 0.435. The molecular formula is C23H33N7O. The molecule has 3 aromatic rings. The van der Waals surface area contributed by atoms with E-state index >= 15 is 0 Å². The fourth-order valence-corrected chi connectivity index (χ4v) is 3.51. The van der Waals surface area contributed by atoms with Gasteiger partial charge in [0.1, 0.15) is 5.82 Å². The maximum absolute atomic E-state index is 5.34. The molecule has 3 N–H and O–H groups in total. The average molecular weight is 424 g/mol. The Kier molecular flexibility index (Phi) is 8.66. The predicted octanol–water partition coefficient (Wildman–Crippen LogP) is 3.25. The second kappa shape index (κ2) is 11.9. The molecule has 0 saturated carbocycles. The summed E-state index contributed by atoms with van der Waals surface area (Å²) in [7, 11) is 0. The molecule has 0 aliphatic carbocycles. The van der Waals surface area contributed by atoms with E-state index in [4.69, 9.17) is 9.41 Å². The number of likely N-dealkylation sites (N-methyl/N-ethyl adjacent to an activating group) is 1. The molecule has 0 amide bonds. The first-order chi connectivity index (χ1) is 15.2. The Hall–Kier alpha value is -3.13. The summed E-state index contributed by atoms with van der Waals surface area (Å²) in [6.45, 7) is 10.6. The lowest BCUT2D eigenvalue weighted by Crippen LogP contribution is -2.39. The van der Waals surface area contributed by atoms with E-state index < -0.39 is 0 Å². The van der Waals surface area contributed by atoms with Gasteiger partial charge in [0.05, 0.1) is 18.8 Å². The van der Waals surface area contributed by atoms with E-state index in [9.17, 15) is 0 Å². The maximum Gasteiger partial charge on any atom is 0.216 e. The quantitative estimate of drug-likeness (QED) is 0.324. The molecule has 2 heterocycles. The van der Waals surface area contributed by atoms with Crippen LogP contribution in [-0.4, -0.2) is 58.8 Å². The number of H-pyrrole nitrogens is 1. The second-order valence-electron chi connectivity index (χ2n) is 7.13. The number of nitrogens with one attached hydrogen (secondary N) is 3. The number of benzene rings is 1. The zero-order valence-electron chi connectivity index (χ0n) is 18.6. The minimum atomic E-state index is 0.247. The number of guanidine groups is 1. The number of aromatic nitrogens is 3. The fourth-order valence-electron chi connectivity index (χ4n) is 3.51. The van der Waals surface area contributed by atoms with Gasteiger partial charge in [0, 0.05) is 19.5 Å². The van der Waals surface area contributed by atoms with Gasteiger partial charge < -0.3 is 15.1 Å². The first kappa shape index (κ1) is 22.6. The lowest BCUT2D eigenvalue weighted by Gasteiger charge is -2.29. The molecule has 0 radical (unpaired) electrons. The van der Waals surface area contributed by atoms with Gasteiger partial charge in [-0.1, -0.05) is 44.2 Å². The van der Waals surface area contributed by atoms with Gasteiger partial charge in [-0.05, 0) is 37.7 Å². The van der Waals surface area contributed by atoms with Crippen molar-refractivity contribution in [2.24, 2.45) is 4.99 Å². The van der Waals surface area contributed by atoms with Crippen LogP contribution in [0.15, 0.2) is 58.1 Å². The number of rotatable bonds is 11. The van der Waals surface area contributed by atoms with Crippen LogP contribution in [0.25, 0.3) is 11.6 Å². The monoisotopic (exact) mass is 423 g/mol. The van der Waals surface area contributed by atoms with Crippen molar-refractivity contribution in [2.45, 2.75) is 33.2 Å². The lowest BCUT2D eigenvalue weighted by molar-refractivity contribution is 0.224. The maximum atomic E-state index is 5.34. The molecule has 0 aliphatic heterocycles. The Morgan fingerprint density at radius 3 is 2.58 bits per heavy atom. The van der Waals surface area contributed by atoms with Crippen molar-refractivity contribution in [3.63, 3.8) is 0 Å². The SMILES string of the molecule is CCNC(=NCC(c1ccccc1)N(CC)CC)NCCc1nc(-c2ccco2)n[nH]1. The van der Waals surface area contributed by atoms with Crippen LogP contribution in [0.3, 0.4) is 0 Å². The molecule has 2 aromatic heterocycles. The van der Waals surface area contributed by atoms with Crippen LogP contribution < -0.4 is 10.6 Å². The summed E-state index contributed by atoms with van der Waals surface area (Å²) in [6, 6.07) is 14.5. The Labute approximate surface area is 184 Å². The molecule has 0 fully saturated rings. The van der Waals surface area contributed by atoms with Crippen molar-refractivity contribution in [2.75, 3.05) is 32.7 Å². The van der Waals surface area contributed by atoms with Crippen molar-refractivity contribution in [3.05, 3.63) is 60.1 Å². The molecule has 0 spiro atoms. The van der Waals surface area contributed by atoms with E-state index in [1.807, 2.05) is 12.1 Å². The molecule has 166 valence electrons. The molecule has 31 heavy (non-hydrogen) atoms. The van der Waals surface area contributed by atoms with Gasteiger partial charge in [0.25, 0.3) is 0 Å². The van der Waals surface area contributed by atoms with E-state index in [2.05, 4.69) is 81.8 Å². The highest BCUT2D eigenvalue weighted by Gasteiger charge is 2.17. The van der Waals surface area contributed by atoms with E-state index in [-0.39, 0.29) is 6.04 Å². The highest BCUT2D eigenvalue weighted by atomic mass is 16.3. The van der Waals surface area contributed by atoms with Crippen LogP contribution in [0.4, 0.5) is 0 Å². The first-order valence-electron chi connectivity index (χ1n) is 11.0. The van der Waals surface area contributed by atoms with Crippen molar-refractivity contribution in [1.29, 1.82) is 0 Å². The zero-order chi connectivity index (χ0) is 21.9. The van der Waals surface area contributed by atoms with Crippen molar-refractivity contribution in [3.8, 4) is 11.6 Å². The second-order valence-corrected chi connectivity index (χ2v) is 7.13. The third-order valence-electron chi connectivity index (χ3n) is 5.13. The zero-order valence-corrected chi connectivity index (χ0v) is 18.6. The van der Waals surface area contributed by atoms with Gasteiger partial charge in [-0.25, -0.2) is 4.98 Å². The average Bonchev–Trinajstić information content (AvgIpc) is 3.49. The third kappa shape index (κ3) is 6.42. The number of aliphatic imine (C=N–C) groups is 1. The molecular weight excluding hydrogens is 390 g/mol. The summed E-state index contributed by atoms with van der Waals surface area (Å²) in [5.74, 6) is 2.85. The summed E-state index contributed by atoms with van der Waals surface area (Å²) in [5.41, 5.74) is 1.29. The number of hydrogen-bond donors (Lipinski definition) is 3. The van der Waals surface area contributed by atoms with Crippen molar-refractivity contribution >= 4 is 5.96 Å². The molecule has 1 unspecified atom stereocenters. The molecule has 0 aliphatic rings. The van der Waals surface area contributed by atoms with E-state index in [0.717, 1.165) is 31.4 Å². The largest absolute Gasteiger partial charge is 0.461 e. The van der Waals surface area contributed by atoms with Gasteiger partial charge in [-0.15, -0.1) is 0 Å².